The lowest BCUT2D eigenvalue weighted by atomic mass is 10.1. The van der Waals surface area contributed by atoms with Crippen LogP contribution in [0.15, 0.2) is 22.7 Å². The predicted octanol–water partition coefficient (Wildman–Crippen LogP) is 3.59. The largest absolute Gasteiger partial charge is 0.329 e. The van der Waals surface area contributed by atoms with E-state index in [1.807, 2.05) is 12.1 Å². The van der Waals surface area contributed by atoms with Crippen LogP contribution < -0.4 is 5.73 Å². The first-order chi connectivity index (χ1) is 8.17. The fourth-order valence-electron chi connectivity index (χ4n) is 2.32. The van der Waals surface area contributed by atoms with Crippen LogP contribution in [0.2, 0.25) is 5.02 Å². The minimum absolute atomic E-state index is 0.290. The Morgan fingerprint density at radius 3 is 2.71 bits per heavy atom. The van der Waals surface area contributed by atoms with E-state index in [0.717, 1.165) is 22.1 Å². The van der Waals surface area contributed by atoms with E-state index in [1.165, 1.54) is 18.4 Å². The SMILES string of the molecule is CCN(C1CC1)C(CN)c1ccc(Br)c(Cl)c1. The standard InChI is InChI=1S/C13H18BrClN2/c1-2-17(10-4-5-10)13(8-16)9-3-6-11(14)12(15)7-9/h3,6-7,10,13H,2,4-5,8,16H2,1H3. The lowest BCUT2D eigenvalue weighted by molar-refractivity contribution is 0.202. The number of likely N-dealkylation sites (N-methyl/N-ethyl adjacent to an activating group) is 1. The van der Waals surface area contributed by atoms with Crippen LogP contribution in [0.5, 0.6) is 0 Å². The number of nitrogens with two attached hydrogens (primary N) is 1. The number of nitrogens with zero attached hydrogens (tertiary/aromatic N) is 1. The molecule has 1 atom stereocenters. The molecule has 0 aliphatic heterocycles. The summed E-state index contributed by atoms with van der Waals surface area (Å²) in [4.78, 5) is 2.49. The first-order valence-corrected chi connectivity index (χ1v) is 7.25. The van der Waals surface area contributed by atoms with Crippen molar-refractivity contribution in [1.82, 2.24) is 4.90 Å². The second-order valence-corrected chi connectivity index (χ2v) is 5.75. The molecule has 94 valence electrons. The molecular formula is C13H18BrClN2. The highest BCUT2D eigenvalue weighted by Crippen LogP contribution is 2.35. The van der Waals surface area contributed by atoms with Crippen LogP contribution in [0.25, 0.3) is 0 Å². The number of hydrogen-bond acceptors (Lipinski definition) is 2. The Hall–Kier alpha value is -0.0900. The summed E-state index contributed by atoms with van der Waals surface area (Å²) < 4.78 is 0.938. The first kappa shape index (κ1) is 13.3. The van der Waals surface area contributed by atoms with Crippen molar-refractivity contribution in [2.75, 3.05) is 13.1 Å². The van der Waals surface area contributed by atoms with Crippen LogP contribution in [0.4, 0.5) is 0 Å². The third-order valence-corrected chi connectivity index (χ3v) is 4.57. The van der Waals surface area contributed by atoms with E-state index in [2.05, 4.69) is 33.8 Å². The Morgan fingerprint density at radius 1 is 1.53 bits per heavy atom. The van der Waals surface area contributed by atoms with Gasteiger partial charge in [0, 0.05) is 23.1 Å². The van der Waals surface area contributed by atoms with Crippen molar-refractivity contribution < 1.29 is 0 Å². The van der Waals surface area contributed by atoms with Gasteiger partial charge in [-0.3, -0.25) is 4.90 Å². The van der Waals surface area contributed by atoms with Crippen LogP contribution in [0.1, 0.15) is 31.4 Å². The summed E-state index contributed by atoms with van der Waals surface area (Å²) in [6.07, 6.45) is 2.60. The highest BCUT2D eigenvalue weighted by Gasteiger charge is 2.32. The molecule has 1 fully saturated rings. The smallest absolute Gasteiger partial charge is 0.0551 e. The van der Waals surface area contributed by atoms with E-state index in [9.17, 15) is 0 Å². The highest BCUT2D eigenvalue weighted by molar-refractivity contribution is 9.10. The van der Waals surface area contributed by atoms with Crippen molar-refractivity contribution in [3.05, 3.63) is 33.3 Å². The Bertz CT molecular complexity index is 393. The quantitative estimate of drug-likeness (QED) is 0.899. The summed E-state index contributed by atoms with van der Waals surface area (Å²) in [7, 11) is 0. The highest BCUT2D eigenvalue weighted by atomic mass is 79.9. The van der Waals surface area contributed by atoms with Gasteiger partial charge in [-0.25, -0.2) is 0 Å². The molecular weight excluding hydrogens is 300 g/mol. The summed E-state index contributed by atoms with van der Waals surface area (Å²) in [5, 5.41) is 0.757. The molecule has 1 aliphatic carbocycles. The third-order valence-electron chi connectivity index (χ3n) is 3.33. The molecule has 0 spiro atoms. The minimum Gasteiger partial charge on any atom is -0.329 e. The monoisotopic (exact) mass is 316 g/mol. The molecule has 1 unspecified atom stereocenters. The van der Waals surface area contributed by atoms with Crippen LogP contribution in [-0.4, -0.2) is 24.0 Å². The van der Waals surface area contributed by atoms with E-state index < -0.39 is 0 Å². The molecule has 2 nitrogen and oxygen atoms in total. The lowest BCUT2D eigenvalue weighted by Gasteiger charge is -2.30. The van der Waals surface area contributed by atoms with E-state index >= 15 is 0 Å². The molecule has 1 aromatic carbocycles. The second-order valence-electron chi connectivity index (χ2n) is 4.49. The number of benzene rings is 1. The Kier molecular flexibility index (Phi) is 4.47. The average molecular weight is 318 g/mol. The van der Waals surface area contributed by atoms with Gasteiger partial charge in [0.05, 0.1) is 5.02 Å². The van der Waals surface area contributed by atoms with Crippen molar-refractivity contribution in [1.29, 1.82) is 0 Å². The fraction of sp³-hybridized carbons (Fsp3) is 0.538. The van der Waals surface area contributed by atoms with E-state index in [4.69, 9.17) is 17.3 Å². The van der Waals surface area contributed by atoms with Gasteiger partial charge in [-0.05, 0) is 53.0 Å². The van der Waals surface area contributed by atoms with Crippen molar-refractivity contribution in [2.24, 2.45) is 5.73 Å². The summed E-state index contributed by atoms with van der Waals surface area (Å²) in [6.45, 7) is 3.88. The molecule has 0 amide bonds. The third kappa shape index (κ3) is 3.02. The maximum absolute atomic E-state index is 6.15. The Morgan fingerprint density at radius 2 is 2.24 bits per heavy atom. The second kappa shape index (κ2) is 5.70. The molecule has 1 aromatic rings. The number of rotatable bonds is 5. The van der Waals surface area contributed by atoms with Gasteiger partial charge in [0.25, 0.3) is 0 Å². The molecule has 0 aromatic heterocycles. The molecule has 17 heavy (non-hydrogen) atoms. The van der Waals surface area contributed by atoms with Crippen LogP contribution in [0.3, 0.4) is 0 Å². The molecule has 0 radical (unpaired) electrons. The summed E-state index contributed by atoms with van der Waals surface area (Å²) in [6, 6.07) is 7.14. The molecule has 4 heteroatoms. The van der Waals surface area contributed by atoms with Crippen LogP contribution >= 0.6 is 27.5 Å². The van der Waals surface area contributed by atoms with Gasteiger partial charge in [0.2, 0.25) is 0 Å². The number of halogens is 2. The van der Waals surface area contributed by atoms with E-state index in [-0.39, 0.29) is 6.04 Å². The van der Waals surface area contributed by atoms with Gasteiger partial charge >= 0.3 is 0 Å². The van der Waals surface area contributed by atoms with Crippen molar-refractivity contribution in [2.45, 2.75) is 31.8 Å². The normalized spacial score (nSPS) is 17.5. The Balaban J connectivity index is 2.23. The first-order valence-electron chi connectivity index (χ1n) is 6.08. The van der Waals surface area contributed by atoms with Crippen LogP contribution in [0, 0.1) is 0 Å². The zero-order valence-electron chi connectivity index (χ0n) is 10.00. The van der Waals surface area contributed by atoms with Crippen molar-refractivity contribution in [3.63, 3.8) is 0 Å². The molecule has 1 saturated carbocycles. The Labute approximate surface area is 116 Å². The van der Waals surface area contributed by atoms with Gasteiger partial charge in [-0.1, -0.05) is 24.6 Å². The van der Waals surface area contributed by atoms with Gasteiger partial charge in [0.15, 0.2) is 0 Å². The van der Waals surface area contributed by atoms with Gasteiger partial charge in [-0.2, -0.15) is 0 Å². The number of hydrogen-bond donors (Lipinski definition) is 1. The van der Waals surface area contributed by atoms with Gasteiger partial charge in [0.1, 0.15) is 0 Å². The van der Waals surface area contributed by atoms with E-state index in [1.54, 1.807) is 0 Å². The van der Waals surface area contributed by atoms with Crippen molar-refractivity contribution >= 4 is 27.5 Å². The van der Waals surface area contributed by atoms with E-state index in [0.29, 0.717) is 6.54 Å². The molecule has 1 aliphatic rings. The molecule has 0 saturated heterocycles. The molecule has 0 bridgehead atoms. The zero-order chi connectivity index (χ0) is 12.4. The topological polar surface area (TPSA) is 29.3 Å². The maximum atomic E-state index is 6.15. The summed E-state index contributed by atoms with van der Waals surface area (Å²) in [5.41, 5.74) is 7.16. The summed E-state index contributed by atoms with van der Waals surface area (Å²) in [5.74, 6) is 0. The maximum Gasteiger partial charge on any atom is 0.0551 e. The van der Waals surface area contributed by atoms with Crippen LogP contribution in [-0.2, 0) is 0 Å². The predicted molar refractivity (Wildman–Crippen MR) is 76.3 cm³/mol. The molecule has 0 heterocycles. The lowest BCUT2D eigenvalue weighted by Crippen LogP contribution is -2.35. The van der Waals surface area contributed by atoms with Crippen molar-refractivity contribution in [3.8, 4) is 0 Å². The molecule has 2 N–H and O–H groups in total. The molecule has 2 rings (SSSR count). The fourth-order valence-corrected chi connectivity index (χ4v) is 2.76. The van der Waals surface area contributed by atoms with Gasteiger partial charge < -0.3 is 5.73 Å². The van der Waals surface area contributed by atoms with Gasteiger partial charge in [-0.15, -0.1) is 0 Å². The minimum atomic E-state index is 0.290. The zero-order valence-corrected chi connectivity index (χ0v) is 12.3. The summed E-state index contributed by atoms with van der Waals surface area (Å²) >= 11 is 9.57. The average Bonchev–Trinajstić information content (AvgIpc) is 3.14.